The first-order chi connectivity index (χ1) is 12.2. The van der Waals surface area contributed by atoms with Crippen molar-refractivity contribution in [3.05, 3.63) is 12.7 Å². The van der Waals surface area contributed by atoms with Crippen LogP contribution in [0.1, 0.15) is 44.9 Å². The standard InChI is InChI=1S/C22H32O3/c1-5-9-10-11-12-13-14-15-22(19-23-16-6-2,20-24-17-7-3)21-25-18-8-4/h2-5H,1,9-21H2. The molecule has 0 aliphatic rings. The molecule has 0 aromatic rings. The molecule has 3 heteroatoms. The summed E-state index contributed by atoms with van der Waals surface area (Å²) in [5.74, 6) is 7.48. The summed E-state index contributed by atoms with van der Waals surface area (Å²) >= 11 is 0. The van der Waals surface area contributed by atoms with E-state index in [2.05, 4.69) is 24.3 Å². The van der Waals surface area contributed by atoms with Crippen LogP contribution < -0.4 is 0 Å². The lowest BCUT2D eigenvalue weighted by Gasteiger charge is -2.32. The Hall–Kier alpha value is -1.70. The molecule has 0 fully saturated rings. The zero-order valence-corrected chi connectivity index (χ0v) is 15.4. The first-order valence-electron chi connectivity index (χ1n) is 8.89. The number of ether oxygens (including phenoxy) is 3. The van der Waals surface area contributed by atoms with E-state index in [9.17, 15) is 0 Å². The first kappa shape index (κ1) is 23.3. The zero-order chi connectivity index (χ0) is 18.6. The SMILES string of the molecule is C#CCOCC(CCCCCCCC=C)(COCC#C)COCC#C. The van der Waals surface area contributed by atoms with Gasteiger partial charge in [0.1, 0.15) is 19.8 Å². The average molecular weight is 344 g/mol. The zero-order valence-electron chi connectivity index (χ0n) is 15.4. The highest BCUT2D eigenvalue weighted by atomic mass is 16.5. The summed E-state index contributed by atoms with van der Waals surface area (Å²) in [6.45, 7) is 5.99. The average Bonchev–Trinajstić information content (AvgIpc) is 2.61. The molecular formula is C22H32O3. The van der Waals surface area contributed by atoms with Gasteiger partial charge in [0.2, 0.25) is 0 Å². The maximum atomic E-state index is 5.61. The van der Waals surface area contributed by atoms with Gasteiger partial charge in [0.05, 0.1) is 19.8 Å². The predicted molar refractivity (Wildman–Crippen MR) is 104 cm³/mol. The van der Waals surface area contributed by atoms with Gasteiger partial charge in [-0.25, -0.2) is 0 Å². The Morgan fingerprint density at radius 2 is 1.16 bits per heavy atom. The summed E-state index contributed by atoms with van der Waals surface area (Å²) in [6, 6.07) is 0. The molecule has 0 unspecified atom stereocenters. The van der Waals surface area contributed by atoms with E-state index in [1.54, 1.807) is 0 Å². The Morgan fingerprint density at radius 3 is 1.60 bits per heavy atom. The van der Waals surface area contributed by atoms with Crippen molar-refractivity contribution in [3.63, 3.8) is 0 Å². The van der Waals surface area contributed by atoms with Gasteiger partial charge < -0.3 is 14.2 Å². The van der Waals surface area contributed by atoms with E-state index in [-0.39, 0.29) is 25.2 Å². The molecule has 0 aromatic carbocycles. The molecular weight excluding hydrogens is 312 g/mol. The summed E-state index contributed by atoms with van der Waals surface area (Å²) in [6.07, 6.45) is 25.7. The summed E-state index contributed by atoms with van der Waals surface area (Å²) in [5.41, 5.74) is -0.272. The fourth-order valence-corrected chi connectivity index (χ4v) is 2.64. The van der Waals surface area contributed by atoms with Crippen molar-refractivity contribution in [2.75, 3.05) is 39.6 Å². The molecule has 0 saturated carbocycles. The van der Waals surface area contributed by atoms with E-state index in [4.69, 9.17) is 33.5 Å². The first-order valence-corrected chi connectivity index (χ1v) is 8.89. The van der Waals surface area contributed by atoms with Crippen LogP contribution in [0.15, 0.2) is 12.7 Å². The van der Waals surface area contributed by atoms with E-state index in [0.29, 0.717) is 19.8 Å². The maximum Gasteiger partial charge on any atom is 0.107 e. The van der Waals surface area contributed by atoms with Gasteiger partial charge in [0.15, 0.2) is 0 Å². The van der Waals surface area contributed by atoms with Crippen LogP contribution in [0.4, 0.5) is 0 Å². The second kappa shape index (κ2) is 17.1. The second-order valence-electron chi connectivity index (χ2n) is 6.19. The van der Waals surface area contributed by atoms with Crippen molar-refractivity contribution in [2.24, 2.45) is 5.41 Å². The molecule has 0 aliphatic carbocycles. The van der Waals surface area contributed by atoms with Crippen molar-refractivity contribution >= 4 is 0 Å². The minimum Gasteiger partial charge on any atom is -0.368 e. The second-order valence-corrected chi connectivity index (χ2v) is 6.19. The smallest absolute Gasteiger partial charge is 0.107 e. The Labute approximate surface area is 154 Å². The number of hydrogen-bond donors (Lipinski definition) is 0. The van der Waals surface area contributed by atoms with Crippen LogP contribution >= 0.6 is 0 Å². The predicted octanol–water partition coefficient (Wildman–Crippen LogP) is 3.84. The third-order valence-electron chi connectivity index (χ3n) is 3.90. The van der Waals surface area contributed by atoms with E-state index in [1.807, 2.05) is 6.08 Å². The monoisotopic (exact) mass is 344 g/mol. The topological polar surface area (TPSA) is 27.7 Å². The Balaban J connectivity index is 4.55. The van der Waals surface area contributed by atoms with E-state index in [1.165, 1.54) is 19.3 Å². The molecule has 0 aliphatic heterocycles. The lowest BCUT2D eigenvalue weighted by molar-refractivity contribution is -0.0601. The number of unbranched alkanes of at least 4 members (excludes halogenated alkanes) is 5. The molecule has 0 amide bonds. The molecule has 0 bridgehead atoms. The normalized spacial score (nSPS) is 10.6. The van der Waals surface area contributed by atoms with Crippen molar-refractivity contribution < 1.29 is 14.2 Å². The molecule has 25 heavy (non-hydrogen) atoms. The van der Waals surface area contributed by atoms with Gasteiger partial charge in [-0.1, -0.05) is 49.5 Å². The molecule has 0 spiro atoms. The molecule has 0 atom stereocenters. The van der Waals surface area contributed by atoms with Crippen molar-refractivity contribution in [3.8, 4) is 37.0 Å². The van der Waals surface area contributed by atoms with Gasteiger partial charge in [0.25, 0.3) is 0 Å². The van der Waals surface area contributed by atoms with Crippen LogP contribution in [-0.4, -0.2) is 39.6 Å². The van der Waals surface area contributed by atoms with Crippen LogP contribution in [0.5, 0.6) is 0 Å². The van der Waals surface area contributed by atoms with Crippen LogP contribution in [-0.2, 0) is 14.2 Å². The molecule has 0 heterocycles. The third kappa shape index (κ3) is 13.3. The summed E-state index contributed by atoms with van der Waals surface area (Å²) in [5, 5.41) is 0. The molecule has 3 nitrogen and oxygen atoms in total. The molecule has 0 saturated heterocycles. The molecule has 0 N–H and O–H groups in total. The Bertz CT molecular complexity index is 397. The van der Waals surface area contributed by atoms with Crippen LogP contribution in [0, 0.1) is 42.4 Å². The number of hydrogen-bond acceptors (Lipinski definition) is 3. The van der Waals surface area contributed by atoms with Gasteiger partial charge in [-0.15, -0.1) is 25.8 Å². The Morgan fingerprint density at radius 1 is 0.720 bits per heavy atom. The number of terminal acetylenes is 3. The van der Waals surface area contributed by atoms with Crippen molar-refractivity contribution in [1.82, 2.24) is 0 Å². The minimum absolute atomic E-state index is 0.271. The van der Waals surface area contributed by atoms with Crippen LogP contribution in [0.3, 0.4) is 0 Å². The highest BCUT2D eigenvalue weighted by Gasteiger charge is 2.31. The lowest BCUT2D eigenvalue weighted by atomic mass is 9.84. The maximum absolute atomic E-state index is 5.61. The van der Waals surface area contributed by atoms with E-state index < -0.39 is 0 Å². The van der Waals surface area contributed by atoms with Crippen molar-refractivity contribution in [1.29, 1.82) is 0 Å². The lowest BCUT2D eigenvalue weighted by Crippen LogP contribution is -2.37. The van der Waals surface area contributed by atoms with Gasteiger partial charge in [-0.2, -0.15) is 0 Å². The fraction of sp³-hybridized carbons (Fsp3) is 0.636. The van der Waals surface area contributed by atoms with Gasteiger partial charge in [-0.05, 0) is 19.3 Å². The largest absolute Gasteiger partial charge is 0.368 e. The summed E-state index contributed by atoms with van der Waals surface area (Å²) < 4.78 is 16.8. The highest BCUT2D eigenvalue weighted by molar-refractivity contribution is 4.88. The van der Waals surface area contributed by atoms with Gasteiger partial charge in [0, 0.05) is 5.41 Å². The van der Waals surface area contributed by atoms with Crippen LogP contribution in [0.2, 0.25) is 0 Å². The van der Waals surface area contributed by atoms with E-state index in [0.717, 1.165) is 25.7 Å². The molecule has 0 aromatic heterocycles. The quantitative estimate of drug-likeness (QED) is 0.228. The van der Waals surface area contributed by atoms with Crippen molar-refractivity contribution in [2.45, 2.75) is 44.9 Å². The van der Waals surface area contributed by atoms with Gasteiger partial charge in [-0.3, -0.25) is 0 Å². The summed E-state index contributed by atoms with van der Waals surface area (Å²) in [4.78, 5) is 0. The highest BCUT2D eigenvalue weighted by Crippen LogP contribution is 2.28. The third-order valence-corrected chi connectivity index (χ3v) is 3.90. The number of rotatable bonds is 17. The number of allylic oxidation sites excluding steroid dienone is 1. The minimum atomic E-state index is -0.272. The van der Waals surface area contributed by atoms with E-state index >= 15 is 0 Å². The molecule has 0 radical (unpaired) electrons. The Kier molecular flexibility index (Phi) is 16.0. The summed E-state index contributed by atoms with van der Waals surface area (Å²) in [7, 11) is 0. The van der Waals surface area contributed by atoms with Crippen LogP contribution in [0.25, 0.3) is 0 Å². The fourth-order valence-electron chi connectivity index (χ4n) is 2.64. The molecule has 0 rings (SSSR count). The van der Waals surface area contributed by atoms with Gasteiger partial charge >= 0.3 is 0 Å². The molecule has 138 valence electrons.